The van der Waals surface area contributed by atoms with Gasteiger partial charge in [-0.3, -0.25) is 9.63 Å². The normalized spacial score (nSPS) is 8.90. The molecule has 0 bridgehead atoms. The largest absolute Gasteiger partial charge is 0.277 e. The average Bonchev–Trinajstić information content (AvgIpc) is 1.89. The zero-order chi connectivity index (χ0) is 7.82. The molecule has 0 aromatic carbocycles. The zero-order valence-electron chi connectivity index (χ0n) is 6.22. The van der Waals surface area contributed by atoms with E-state index < -0.39 is 0 Å². The van der Waals surface area contributed by atoms with Crippen LogP contribution in [0.25, 0.3) is 0 Å². The van der Waals surface area contributed by atoms with E-state index in [0.29, 0.717) is 6.42 Å². The second-order valence-corrected chi connectivity index (χ2v) is 1.91. The maximum absolute atomic E-state index is 10.6. The molecule has 0 aliphatic carbocycles. The average molecular weight is 143 g/mol. The van der Waals surface area contributed by atoms with Gasteiger partial charge in [-0.1, -0.05) is 6.08 Å². The Morgan fingerprint density at radius 2 is 2.50 bits per heavy atom. The summed E-state index contributed by atoms with van der Waals surface area (Å²) in [7, 11) is 1.42. The molecule has 0 unspecified atom stereocenters. The van der Waals surface area contributed by atoms with Crippen molar-refractivity contribution in [2.24, 2.45) is 0 Å². The van der Waals surface area contributed by atoms with Crippen molar-refractivity contribution in [2.45, 2.75) is 19.3 Å². The van der Waals surface area contributed by atoms with Crippen molar-refractivity contribution in [3.63, 3.8) is 0 Å². The summed E-state index contributed by atoms with van der Waals surface area (Å²) in [6.07, 6.45) is 4.00. The molecule has 0 aliphatic heterocycles. The van der Waals surface area contributed by atoms with E-state index in [1.165, 1.54) is 7.11 Å². The van der Waals surface area contributed by atoms with Crippen LogP contribution in [0.2, 0.25) is 0 Å². The molecule has 0 radical (unpaired) electrons. The molecule has 0 atom stereocenters. The summed E-state index contributed by atoms with van der Waals surface area (Å²) in [5.74, 6) is -0.0793. The highest BCUT2D eigenvalue weighted by Crippen LogP contribution is 1.94. The lowest BCUT2D eigenvalue weighted by atomic mass is 10.2. The van der Waals surface area contributed by atoms with Crippen molar-refractivity contribution in [1.29, 1.82) is 0 Å². The molecule has 10 heavy (non-hydrogen) atoms. The molecular formula is C7H13NO2. The van der Waals surface area contributed by atoms with E-state index in [2.05, 4.69) is 16.9 Å². The van der Waals surface area contributed by atoms with Crippen molar-refractivity contribution in [3.05, 3.63) is 12.7 Å². The lowest BCUT2D eigenvalue weighted by molar-refractivity contribution is -0.131. The zero-order valence-corrected chi connectivity index (χ0v) is 6.22. The van der Waals surface area contributed by atoms with Crippen molar-refractivity contribution in [3.8, 4) is 0 Å². The monoisotopic (exact) mass is 143 g/mol. The SMILES string of the molecule is C=CCCCC(=O)NOC. The smallest absolute Gasteiger partial charge is 0.243 e. The van der Waals surface area contributed by atoms with E-state index in [1.807, 2.05) is 0 Å². The highest BCUT2D eigenvalue weighted by atomic mass is 16.6. The fourth-order valence-corrected chi connectivity index (χ4v) is 0.572. The summed E-state index contributed by atoms with van der Waals surface area (Å²) < 4.78 is 0. The van der Waals surface area contributed by atoms with Crippen molar-refractivity contribution < 1.29 is 9.63 Å². The standard InChI is InChI=1S/C7H13NO2/c1-3-4-5-6-7(9)8-10-2/h3H,1,4-6H2,2H3,(H,8,9). The van der Waals surface area contributed by atoms with Crippen molar-refractivity contribution in [2.75, 3.05) is 7.11 Å². The number of hydroxylamine groups is 1. The Hall–Kier alpha value is -0.830. The molecule has 0 saturated carbocycles. The predicted octanol–water partition coefficient (Wildman–Crippen LogP) is 1.02. The van der Waals surface area contributed by atoms with Crippen LogP contribution >= 0.6 is 0 Å². The van der Waals surface area contributed by atoms with Crippen LogP contribution in [0.3, 0.4) is 0 Å². The van der Waals surface area contributed by atoms with Crippen LogP contribution in [0.4, 0.5) is 0 Å². The molecule has 3 nitrogen and oxygen atoms in total. The first-order valence-electron chi connectivity index (χ1n) is 3.24. The number of hydrogen-bond donors (Lipinski definition) is 1. The van der Waals surface area contributed by atoms with Crippen LogP contribution in [0.15, 0.2) is 12.7 Å². The summed E-state index contributed by atoms with van der Waals surface area (Å²) in [4.78, 5) is 15.1. The quantitative estimate of drug-likeness (QED) is 0.354. The van der Waals surface area contributed by atoms with Gasteiger partial charge in [0.25, 0.3) is 0 Å². The molecule has 1 amide bonds. The Bertz CT molecular complexity index is 112. The molecule has 0 spiro atoms. The van der Waals surface area contributed by atoms with Crippen LogP contribution < -0.4 is 5.48 Å². The molecule has 0 heterocycles. The van der Waals surface area contributed by atoms with Crippen LogP contribution in [-0.4, -0.2) is 13.0 Å². The minimum atomic E-state index is -0.0793. The minimum Gasteiger partial charge on any atom is -0.277 e. The Balaban J connectivity index is 3.13. The van der Waals surface area contributed by atoms with Gasteiger partial charge in [0.15, 0.2) is 0 Å². The van der Waals surface area contributed by atoms with Gasteiger partial charge in [0.2, 0.25) is 5.91 Å². The first-order valence-corrected chi connectivity index (χ1v) is 3.24. The lowest BCUT2D eigenvalue weighted by Gasteiger charge is -1.98. The second kappa shape index (κ2) is 6.29. The van der Waals surface area contributed by atoms with E-state index >= 15 is 0 Å². The molecule has 0 fully saturated rings. The summed E-state index contributed by atoms with van der Waals surface area (Å²) in [6, 6.07) is 0. The number of unbranched alkanes of at least 4 members (excludes halogenated alkanes) is 1. The maximum Gasteiger partial charge on any atom is 0.243 e. The number of nitrogens with one attached hydrogen (secondary N) is 1. The van der Waals surface area contributed by atoms with Gasteiger partial charge in [0.05, 0.1) is 7.11 Å². The van der Waals surface area contributed by atoms with Crippen molar-refractivity contribution >= 4 is 5.91 Å². The number of carbonyl (C=O) groups is 1. The van der Waals surface area contributed by atoms with E-state index in [4.69, 9.17) is 0 Å². The fraction of sp³-hybridized carbons (Fsp3) is 0.571. The van der Waals surface area contributed by atoms with E-state index in [1.54, 1.807) is 6.08 Å². The summed E-state index contributed by atoms with van der Waals surface area (Å²) >= 11 is 0. The molecule has 0 aromatic rings. The third-order valence-electron chi connectivity index (χ3n) is 1.03. The van der Waals surface area contributed by atoms with Gasteiger partial charge in [-0.05, 0) is 12.8 Å². The van der Waals surface area contributed by atoms with Crippen LogP contribution in [0, 0.1) is 0 Å². The lowest BCUT2D eigenvalue weighted by Crippen LogP contribution is -2.20. The Kier molecular flexibility index (Phi) is 5.77. The first kappa shape index (κ1) is 9.17. The van der Waals surface area contributed by atoms with Gasteiger partial charge in [0, 0.05) is 6.42 Å². The molecule has 0 aliphatic rings. The van der Waals surface area contributed by atoms with Gasteiger partial charge in [-0.2, -0.15) is 0 Å². The number of rotatable bonds is 5. The van der Waals surface area contributed by atoms with Gasteiger partial charge in [0.1, 0.15) is 0 Å². The highest BCUT2D eigenvalue weighted by molar-refractivity contribution is 5.74. The highest BCUT2D eigenvalue weighted by Gasteiger charge is 1.96. The van der Waals surface area contributed by atoms with E-state index in [-0.39, 0.29) is 5.91 Å². The van der Waals surface area contributed by atoms with Gasteiger partial charge in [-0.25, -0.2) is 5.48 Å². The number of amides is 1. The van der Waals surface area contributed by atoms with E-state index in [9.17, 15) is 4.79 Å². The maximum atomic E-state index is 10.6. The van der Waals surface area contributed by atoms with Crippen LogP contribution in [0.5, 0.6) is 0 Å². The first-order chi connectivity index (χ1) is 4.81. The third-order valence-corrected chi connectivity index (χ3v) is 1.03. The topological polar surface area (TPSA) is 38.3 Å². The van der Waals surface area contributed by atoms with Gasteiger partial charge < -0.3 is 0 Å². The molecule has 3 heteroatoms. The third kappa shape index (κ3) is 5.31. The van der Waals surface area contributed by atoms with Crippen molar-refractivity contribution in [1.82, 2.24) is 5.48 Å². The Morgan fingerprint density at radius 3 is 3.00 bits per heavy atom. The van der Waals surface area contributed by atoms with E-state index in [0.717, 1.165) is 12.8 Å². The summed E-state index contributed by atoms with van der Waals surface area (Å²) in [5, 5.41) is 0. The fourth-order valence-electron chi connectivity index (χ4n) is 0.572. The second-order valence-electron chi connectivity index (χ2n) is 1.91. The molecule has 1 N–H and O–H groups in total. The predicted molar refractivity (Wildman–Crippen MR) is 39.2 cm³/mol. The molecule has 58 valence electrons. The number of allylic oxidation sites excluding steroid dienone is 1. The van der Waals surface area contributed by atoms with Gasteiger partial charge in [-0.15, -0.1) is 6.58 Å². The molecular weight excluding hydrogens is 130 g/mol. The van der Waals surface area contributed by atoms with Crippen LogP contribution in [-0.2, 0) is 9.63 Å². The van der Waals surface area contributed by atoms with Gasteiger partial charge >= 0.3 is 0 Å². The van der Waals surface area contributed by atoms with Crippen LogP contribution in [0.1, 0.15) is 19.3 Å². The number of carbonyl (C=O) groups excluding carboxylic acids is 1. The number of hydrogen-bond acceptors (Lipinski definition) is 2. The molecule has 0 saturated heterocycles. The molecule has 0 rings (SSSR count). The molecule has 0 aromatic heterocycles. The Labute approximate surface area is 61.0 Å². The summed E-state index contributed by atoms with van der Waals surface area (Å²) in [5.41, 5.74) is 2.23. The summed E-state index contributed by atoms with van der Waals surface area (Å²) in [6.45, 7) is 3.54. The minimum absolute atomic E-state index is 0.0793. The Morgan fingerprint density at radius 1 is 1.80 bits per heavy atom.